The number of hydrogen-bond acceptors (Lipinski definition) is 6. The van der Waals surface area contributed by atoms with Gasteiger partial charge in [-0.15, -0.1) is 0 Å². The third-order valence-electron chi connectivity index (χ3n) is 7.27. The third-order valence-corrected chi connectivity index (χ3v) is 7.27. The average molecular weight is 615 g/mol. The molecule has 0 fully saturated rings. The molecule has 3 aromatic rings. The molecule has 4 rings (SSSR count). The number of fused-ring (bicyclic) bond motifs is 4. The summed E-state index contributed by atoms with van der Waals surface area (Å²) in [4.78, 5) is 13.5. The van der Waals surface area contributed by atoms with Crippen LogP contribution < -0.4 is 20.1 Å². The van der Waals surface area contributed by atoms with Gasteiger partial charge in [0, 0.05) is 18.7 Å². The summed E-state index contributed by atoms with van der Waals surface area (Å²) in [5.74, 6) is 0.964. The van der Waals surface area contributed by atoms with Gasteiger partial charge < -0.3 is 30.0 Å². The summed E-state index contributed by atoms with van der Waals surface area (Å²) >= 11 is 0. The van der Waals surface area contributed by atoms with Crippen molar-refractivity contribution in [2.45, 2.75) is 70.5 Å². The van der Waals surface area contributed by atoms with Crippen molar-refractivity contribution in [1.82, 2.24) is 10.6 Å². The first-order valence-electron chi connectivity index (χ1n) is 15.0. The monoisotopic (exact) mass is 614 g/mol. The maximum Gasteiger partial charge on any atom is 0.411 e. The smallest absolute Gasteiger partial charge is 0.411 e. The lowest BCUT2D eigenvalue weighted by atomic mass is 9.99. The van der Waals surface area contributed by atoms with Crippen LogP contribution in [0, 0.1) is 0 Å². The van der Waals surface area contributed by atoms with Crippen molar-refractivity contribution in [3.63, 3.8) is 0 Å². The molecule has 4 bridgehead atoms. The van der Waals surface area contributed by atoms with Gasteiger partial charge in [-0.05, 0) is 77.8 Å². The molecule has 2 atom stereocenters. The molecule has 1 aliphatic rings. The van der Waals surface area contributed by atoms with Crippen molar-refractivity contribution < 1.29 is 37.3 Å². The number of amides is 1. The maximum atomic E-state index is 13.5. The standard InChI is InChI=1S/C34H41F3N2O5/c1-23(2)27-9-5-8-25(13-27)19-38-20-32(40)31-17-24-7-6-10-29(15-24)43-11-3-4-12-44-30-16-26(21-42-22-34(35,36)37)14-28(18-30)33(41)39-31/h5-10,13-16,18,23,31-32,38,40H,3-4,11-12,17,19-22H2,1-2H3,(H,39,41)/t31-,32+/m0/s1. The van der Waals surface area contributed by atoms with Gasteiger partial charge in [0.05, 0.1) is 32.0 Å². The molecule has 238 valence electrons. The van der Waals surface area contributed by atoms with Gasteiger partial charge in [0.2, 0.25) is 0 Å². The van der Waals surface area contributed by atoms with Gasteiger partial charge in [0.15, 0.2) is 0 Å². The van der Waals surface area contributed by atoms with Crippen LogP contribution in [0.15, 0.2) is 66.7 Å². The van der Waals surface area contributed by atoms with E-state index in [4.69, 9.17) is 14.2 Å². The second-order valence-electron chi connectivity index (χ2n) is 11.4. The normalized spacial score (nSPS) is 17.0. The van der Waals surface area contributed by atoms with Crippen LogP contribution in [0.2, 0.25) is 0 Å². The first-order valence-corrected chi connectivity index (χ1v) is 15.0. The van der Waals surface area contributed by atoms with Gasteiger partial charge in [-0.25, -0.2) is 0 Å². The fourth-order valence-corrected chi connectivity index (χ4v) is 4.95. The van der Waals surface area contributed by atoms with Crippen molar-refractivity contribution in [1.29, 1.82) is 0 Å². The highest BCUT2D eigenvalue weighted by molar-refractivity contribution is 5.95. The van der Waals surface area contributed by atoms with E-state index in [2.05, 4.69) is 36.6 Å². The van der Waals surface area contributed by atoms with Crippen molar-refractivity contribution in [3.8, 4) is 11.5 Å². The molecule has 0 radical (unpaired) electrons. The van der Waals surface area contributed by atoms with E-state index in [9.17, 15) is 23.1 Å². The molecule has 1 aliphatic heterocycles. The number of benzene rings is 3. The van der Waals surface area contributed by atoms with E-state index in [0.29, 0.717) is 55.6 Å². The van der Waals surface area contributed by atoms with E-state index in [1.165, 1.54) is 11.6 Å². The molecule has 7 nitrogen and oxygen atoms in total. The van der Waals surface area contributed by atoms with E-state index in [1.807, 2.05) is 36.4 Å². The molecule has 0 aliphatic carbocycles. The Labute approximate surface area is 256 Å². The number of alkyl halides is 3. The lowest BCUT2D eigenvalue weighted by molar-refractivity contribution is -0.176. The van der Waals surface area contributed by atoms with Crippen LogP contribution >= 0.6 is 0 Å². The van der Waals surface area contributed by atoms with Crippen LogP contribution in [0.5, 0.6) is 11.5 Å². The fraction of sp³-hybridized carbons (Fsp3) is 0.441. The second-order valence-corrected chi connectivity index (χ2v) is 11.4. The Morgan fingerprint density at radius 1 is 0.977 bits per heavy atom. The number of rotatable bonds is 9. The molecule has 0 spiro atoms. The zero-order chi connectivity index (χ0) is 31.5. The fourth-order valence-electron chi connectivity index (χ4n) is 4.95. The highest BCUT2D eigenvalue weighted by Gasteiger charge is 2.28. The number of ether oxygens (including phenoxy) is 3. The molecule has 44 heavy (non-hydrogen) atoms. The molecule has 0 aromatic heterocycles. The van der Waals surface area contributed by atoms with E-state index >= 15 is 0 Å². The summed E-state index contributed by atoms with van der Waals surface area (Å²) in [6.07, 6.45) is -3.69. The van der Waals surface area contributed by atoms with Crippen LogP contribution in [0.4, 0.5) is 13.2 Å². The predicted molar refractivity (Wildman–Crippen MR) is 162 cm³/mol. The van der Waals surface area contributed by atoms with Crippen LogP contribution in [-0.2, 0) is 24.3 Å². The highest BCUT2D eigenvalue weighted by Crippen LogP contribution is 2.22. The Hall–Kier alpha value is -3.60. The van der Waals surface area contributed by atoms with Gasteiger partial charge in [-0.3, -0.25) is 4.79 Å². The van der Waals surface area contributed by atoms with E-state index in [1.54, 1.807) is 12.1 Å². The molecule has 0 saturated heterocycles. The minimum atomic E-state index is -4.46. The zero-order valence-electron chi connectivity index (χ0n) is 25.2. The van der Waals surface area contributed by atoms with Crippen molar-refractivity contribution in [3.05, 3.63) is 94.5 Å². The van der Waals surface area contributed by atoms with Crippen molar-refractivity contribution >= 4 is 5.91 Å². The summed E-state index contributed by atoms with van der Waals surface area (Å²) < 4.78 is 54.6. The van der Waals surface area contributed by atoms with Gasteiger partial charge in [0.1, 0.15) is 18.1 Å². The average Bonchev–Trinajstić information content (AvgIpc) is 2.97. The highest BCUT2D eigenvalue weighted by atomic mass is 19.4. The number of carbonyl (C=O) groups is 1. The molecule has 0 unspecified atom stereocenters. The SMILES string of the molecule is CC(C)c1cccc(CNC[C@@H](O)[C@@H]2Cc3cccc(c3)OCCCCOc3cc(COCC(F)(F)F)cc(c3)C(=O)N2)c1. The number of halogens is 3. The number of carbonyl (C=O) groups excluding carboxylic acids is 1. The van der Waals surface area contributed by atoms with Crippen LogP contribution in [0.3, 0.4) is 0 Å². The molecule has 3 aromatic carbocycles. The van der Waals surface area contributed by atoms with E-state index < -0.39 is 30.8 Å². The Kier molecular flexibility index (Phi) is 12.1. The van der Waals surface area contributed by atoms with Gasteiger partial charge in [-0.1, -0.05) is 50.2 Å². The molecular weight excluding hydrogens is 573 g/mol. The first kappa shape index (κ1) is 33.3. The Bertz CT molecular complexity index is 1360. The minimum absolute atomic E-state index is 0.202. The lowest BCUT2D eigenvalue weighted by Crippen LogP contribution is -2.48. The Morgan fingerprint density at radius 2 is 1.73 bits per heavy atom. The lowest BCUT2D eigenvalue weighted by Gasteiger charge is -2.25. The van der Waals surface area contributed by atoms with Crippen LogP contribution in [0.1, 0.15) is 65.2 Å². The number of hydrogen-bond donors (Lipinski definition) is 3. The largest absolute Gasteiger partial charge is 0.494 e. The molecule has 10 heteroatoms. The molecule has 0 saturated carbocycles. The quantitative estimate of drug-likeness (QED) is 0.277. The van der Waals surface area contributed by atoms with Gasteiger partial charge in [-0.2, -0.15) is 13.2 Å². The van der Waals surface area contributed by atoms with E-state index in [-0.39, 0.29) is 18.7 Å². The number of aliphatic hydroxyl groups is 1. The maximum absolute atomic E-state index is 13.5. The third kappa shape index (κ3) is 10.8. The zero-order valence-corrected chi connectivity index (χ0v) is 25.2. The van der Waals surface area contributed by atoms with E-state index in [0.717, 1.165) is 17.5 Å². The summed E-state index contributed by atoms with van der Waals surface area (Å²) in [5.41, 5.74) is 3.77. The van der Waals surface area contributed by atoms with Gasteiger partial charge in [0.25, 0.3) is 5.91 Å². The predicted octanol–water partition coefficient (Wildman–Crippen LogP) is 5.93. The number of aliphatic hydroxyl groups excluding tert-OH is 1. The topological polar surface area (TPSA) is 89.1 Å². The minimum Gasteiger partial charge on any atom is -0.494 e. The van der Waals surface area contributed by atoms with Gasteiger partial charge >= 0.3 is 6.18 Å². The summed E-state index contributed by atoms with van der Waals surface area (Å²) in [6.45, 7) is 4.10. The Balaban J connectivity index is 1.53. The number of nitrogens with one attached hydrogen (secondary N) is 2. The summed E-state index contributed by atoms with van der Waals surface area (Å²) in [7, 11) is 0. The van der Waals surface area contributed by atoms with Crippen molar-refractivity contribution in [2.75, 3.05) is 26.4 Å². The Morgan fingerprint density at radius 3 is 2.48 bits per heavy atom. The molecule has 3 N–H and O–H groups in total. The van der Waals surface area contributed by atoms with Crippen LogP contribution in [-0.4, -0.2) is 55.7 Å². The molecule has 1 heterocycles. The first-order chi connectivity index (χ1) is 21.1. The summed E-state index contributed by atoms with van der Waals surface area (Å²) in [5, 5.41) is 17.5. The second kappa shape index (κ2) is 15.9. The molecular formula is C34H41F3N2O5. The molecule has 1 amide bonds. The van der Waals surface area contributed by atoms with Crippen molar-refractivity contribution in [2.24, 2.45) is 0 Å². The van der Waals surface area contributed by atoms with Crippen LogP contribution in [0.25, 0.3) is 0 Å². The summed E-state index contributed by atoms with van der Waals surface area (Å²) in [6, 6.07) is 19.7.